The predicted molar refractivity (Wildman–Crippen MR) is 110 cm³/mol. The van der Waals surface area contributed by atoms with E-state index in [1.54, 1.807) is 11.0 Å². The molecule has 2 aromatic carbocycles. The summed E-state index contributed by atoms with van der Waals surface area (Å²) in [5.74, 6) is -0.0294. The first-order valence-corrected chi connectivity index (χ1v) is 11.2. The average Bonchev–Trinajstić information content (AvgIpc) is 2.68. The molecule has 0 unspecified atom stereocenters. The van der Waals surface area contributed by atoms with E-state index in [0.717, 1.165) is 11.8 Å². The molecule has 0 radical (unpaired) electrons. The van der Waals surface area contributed by atoms with Gasteiger partial charge in [0.05, 0.1) is 11.3 Å². The Hall–Kier alpha value is -2.65. The van der Waals surface area contributed by atoms with Gasteiger partial charge in [-0.15, -0.1) is 0 Å². The molecule has 1 heterocycles. The van der Waals surface area contributed by atoms with Crippen LogP contribution in [0.15, 0.2) is 47.4 Å². The van der Waals surface area contributed by atoms with Crippen LogP contribution in [0.1, 0.15) is 5.56 Å². The van der Waals surface area contributed by atoms with Crippen LogP contribution in [0.5, 0.6) is 0 Å². The van der Waals surface area contributed by atoms with Gasteiger partial charge in [0.25, 0.3) is 5.69 Å². The van der Waals surface area contributed by atoms with Crippen LogP contribution in [0.3, 0.4) is 0 Å². The first kappa shape index (κ1) is 21.1. The number of carbonyl (C=O) groups excluding carboxylic acids is 1. The summed E-state index contributed by atoms with van der Waals surface area (Å²) in [5, 5.41) is 11.7. The third-order valence-corrected chi connectivity index (χ3v) is 6.33. The summed E-state index contributed by atoms with van der Waals surface area (Å²) in [5.41, 5.74) is 0.911. The number of benzene rings is 2. The molecule has 1 saturated heterocycles. The van der Waals surface area contributed by atoms with Crippen LogP contribution in [0.2, 0.25) is 5.02 Å². The molecule has 1 amide bonds. The molecule has 0 bridgehead atoms. The molecule has 1 aliphatic rings. The minimum Gasteiger partial charge on any atom is -0.368 e. The summed E-state index contributed by atoms with van der Waals surface area (Å²) in [4.78, 5) is 26.3. The number of nitro groups is 1. The fraction of sp³-hybridized carbons (Fsp3) is 0.316. The molecule has 1 fully saturated rings. The number of hydrogen-bond donors (Lipinski definition) is 0. The highest BCUT2D eigenvalue weighted by atomic mass is 35.5. The number of rotatable bonds is 5. The topological polar surface area (TPSA) is 101 Å². The van der Waals surface area contributed by atoms with Crippen molar-refractivity contribution in [2.75, 3.05) is 37.3 Å². The Labute approximate surface area is 173 Å². The van der Waals surface area contributed by atoms with Gasteiger partial charge in [-0.3, -0.25) is 14.9 Å². The monoisotopic (exact) mass is 437 g/mol. The second-order valence-electron chi connectivity index (χ2n) is 6.82. The molecule has 2 aromatic rings. The molecule has 0 N–H and O–H groups in total. The van der Waals surface area contributed by atoms with Gasteiger partial charge in [-0.25, -0.2) is 8.42 Å². The smallest absolute Gasteiger partial charge is 0.288 e. The van der Waals surface area contributed by atoms with Crippen LogP contribution in [0.25, 0.3) is 0 Å². The first-order chi connectivity index (χ1) is 13.7. The zero-order chi connectivity index (χ0) is 21.2. The number of nitrogens with zero attached hydrogens (tertiary/aromatic N) is 3. The number of piperazine rings is 1. The van der Waals surface area contributed by atoms with Crippen LogP contribution in [0, 0.1) is 10.1 Å². The SMILES string of the molecule is CS(=O)(=O)c1cc(N2CCN(C(=O)Cc3ccccc3Cl)CC2)ccc1[N+](=O)[O-]. The van der Waals surface area contributed by atoms with Crippen molar-refractivity contribution in [3.8, 4) is 0 Å². The van der Waals surface area contributed by atoms with E-state index in [9.17, 15) is 23.3 Å². The third-order valence-electron chi connectivity index (χ3n) is 4.84. The number of amides is 1. The molecule has 29 heavy (non-hydrogen) atoms. The second-order valence-corrected chi connectivity index (χ2v) is 9.21. The molecule has 154 valence electrons. The lowest BCUT2D eigenvalue weighted by atomic mass is 10.1. The minimum atomic E-state index is -3.75. The summed E-state index contributed by atoms with van der Waals surface area (Å²) >= 11 is 6.12. The molecule has 0 aromatic heterocycles. The van der Waals surface area contributed by atoms with Gasteiger partial charge >= 0.3 is 0 Å². The van der Waals surface area contributed by atoms with E-state index in [0.29, 0.717) is 36.9 Å². The van der Waals surface area contributed by atoms with Crippen molar-refractivity contribution < 1.29 is 18.1 Å². The maximum absolute atomic E-state index is 12.6. The Balaban J connectivity index is 1.70. The molecular formula is C19H20ClN3O5S. The van der Waals surface area contributed by atoms with Crippen molar-refractivity contribution in [1.29, 1.82) is 0 Å². The number of nitro benzene ring substituents is 1. The van der Waals surface area contributed by atoms with E-state index >= 15 is 0 Å². The van der Waals surface area contributed by atoms with Crippen LogP contribution < -0.4 is 4.90 Å². The predicted octanol–water partition coefficient (Wildman–Crippen LogP) is 2.54. The van der Waals surface area contributed by atoms with Gasteiger partial charge in [-0.05, 0) is 23.8 Å². The summed E-state index contributed by atoms with van der Waals surface area (Å²) in [7, 11) is -3.75. The average molecular weight is 438 g/mol. The first-order valence-electron chi connectivity index (χ1n) is 8.91. The summed E-state index contributed by atoms with van der Waals surface area (Å²) < 4.78 is 23.9. The van der Waals surface area contributed by atoms with Crippen LogP contribution in [-0.2, 0) is 21.1 Å². The number of carbonyl (C=O) groups is 1. The lowest BCUT2D eigenvalue weighted by Gasteiger charge is -2.36. The molecule has 1 aliphatic heterocycles. The number of halogens is 1. The fourth-order valence-electron chi connectivity index (χ4n) is 3.28. The summed E-state index contributed by atoms with van der Waals surface area (Å²) in [6, 6.07) is 11.3. The van der Waals surface area contributed by atoms with Crippen LogP contribution >= 0.6 is 11.6 Å². The molecule has 8 nitrogen and oxygen atoms in total. The summed E-state index contributed by atoms with van der Waals surface area (Å²) in [6.07, 6.45) is 1.17. The highest BCUT2D eigenvalue weighted by Crippen LogP contribution is 2.29. The standard InChI is InChI=1S/C19H20ClN3O5S/c1-29(27,28)18-13-15(6-7-17(18)23(25)26)21-8-10-22(11-9-21)19(24)12-14-4-2-3-5-16(14)20/h2-7,13H,8-12H2,1H3. The Morgan fingerprint density at radius 2 is 1.79 bits per heavy atom. The number of anilines is 1. The third kappa shape index (κ3) is 4.86. The largest absolute Gasteiger partial charge is 0.368 e. The Bertz CT molecular complexity index is 1050. The molecule has 3 rings (SSSR count). The lowest BCUT2D eigenvalue weighted by Crippen LogP contribution is -2.49. The Morgan fingerprint density at radius 3 is 2.38 bits per heavy atom. The maximum Gasteiger partial charge on any atom is 0.288 e. The molecular weight excluding hydrogens is 418 g/mol. The Morgan fingerprint density at radius 1 is 1.14 bits per heavy atom. The van der Waals surface area contributed by atoms with Crippen molar-refractivity contribution >= 4 is 38.7 Å². The van der Waals surface area contributed by atoms with Gasteiger partial charge in [-0.2, -0.15) is 0 Å². The van der Waals surface area contributed by atoms with E-state index in [2.05, 4.69) is 0 Å². The second kappa shape index (κ2) is 8.38. The van der Waals surface area contributed by atoms with Crippen molar-refractivity contribution in [3.05, 3.63) is 63.2 Å². The van der Waals surface area contributed by atoms with E-state index < -0.39 is 20.4 Å². The number of hydrogen-bond acceptors (Lipinski definition) is 6. The Kier molecular flexibility index (Phi) is 6.09. The van der Waals surface area contributed by atoms with E-state index in [1.807, 2.05) is 23.1 Å². The van der Waals surface area contributed by atoms with E-state index in [4.69, 9.17) is 11.6 Å². The van der Waals surface area contributed by atoms with Gasteiger partial charge in [0.2, 0.25) is 5.91 Å². The van der Waals surface area contributed by atoms with E-state index in [1.165, 1.54) is 18.2 Å². The molecule has 0 spiro atoms. The van der Waals surface area contributed by atoms with E-state index in [-0.39, 0.29) is 17.2 Å². The fourth-order valence-corrected chi connectivity index (χ4v) is 4.34. The highest BCUT2D eigenvalue weighted by molar-refractivity contribution is 7.90. The zero-order valence-electron chi connectivity index (χ0n) is 15.7. The van der Waals surface area contributed by atoms with Crippen molar-refractivity contribution in [3.63, 3.8) is 0 Å². The van der Waals surface area contributed by atoms with Crippen molar-refractivity contribution in [2.45, 2.75) is 11.3 Å². The minimum absolute atomic E-state index is 0.0294. The summed E-state index contributed by atoms with van der Waals surface area (Å²) in [6.45, 7) is 1.92. The van der Waals surface area contributed by atoms with Gasteiger partial charge < -0.3 is 9.80 Å². The van der Waals surface area contributed by atoms with Gasteiger partial charge in [0, 0.05) is 49.2 Å². The van der Waals surface area contributed by atoms with Crippen molar-refractivity contribution in [1.82, 2.24) is 4.90 Å². The zero-order valence-corrected chi connectivity index (χ0v) is 17.3. The molecule has 10 heteroatoms. The van der Waals surface area contributed by atoms with Crippen molar-refractivity contribution in [2.24, 2.45) is 0 Å². The van der Waals surface area contributed by atoms with Crippen LogP contribution in [-0.4, -0.2) is 56.6 Å². The molecule has 0 aliphatic carbocycles. The molecule has 0 saturated carbocycles. The maximum atomic E-state index is 12.6. The molecule has 0 atom stereocenters. The van der Waals surface area contributed by atoms with Gasteiger partial charge in [-0.1, -0.05) is 29.8 Å². The normalized spacial score (nSPS) is 14.7. The quantitative estimate of drug-likeness (QED) is 0.526. The van der Waals surface area contributed by atoms with Gasteiger partial charge in [0.1, 0.15) is 4.90 Å². The number of sulfone groups is 1. The lowest BCUT2D eigenvalue weighted by molar-refractivity contribution is -0.387. The highest BCUT2D eigenvalue weighted by Gasteiger charge is 2.26. The van der Waals surface area contributed by atoms with Crippen LogP contribution in [0.4, 0.5) is 11.4 Å². The van der Waals surface area contributed by atoms with Gasteiger partial charge in [0.15, 0.2) is 9.84 Å².